The van der Waals surface area contributed by atoms with E-state index in [1.165, 1.54) is 0 Å². The predicted molar refractivity (Wildman–Crippen MR) is 151 cm³/mol. The third-order valence-electron chi connectivity index (χ3n) is 7.92. The van der Waals surface area contributed by atoms with Crippen LogP contribution in [0.2, 0.25) is 0 Å². The van der Waals surface area contributed by atoms with Crippen molar-refractivity contribution < 1.29 is 23.8 Å². The van der Waals surface area contributed by atoms with E-state index in [-0.39, 0.29) is 41.7 Å². The molecular formula is C29H36FN5O4S. The number of rotatable bonds is 7. The number of terminal acetylenes is 1. The number of hydrogen-bond donors (Lipinski definition) is 2. The van der Waals surface area contributed by atoms with Crippen molar-refractivity contribution in [2.24, 2.45) is 11.8 Å². The molecule has 1 aromatic carbocycles. The molecule has 2 amide bonds. The van der Waals surface area contributed by atoms with E-state index in [1.54, 1.807) is 29.2 Å². The Labute approximate surface area is 238 Å². The van der Waals surface area contributed by atoms with E-state index < -0.39 is 30.2 Å². The highest BCUT2D eigenvalue weighted by Gasteiger charge is 2.52. The highest BCUT2D eigenvalue weighted by atomic mass is 32.1. The first-order valence-electron chi connectivity index (χ1n) is 13.7. The number of nitrogens with zero attached hydrogens (tertiary/aromatic N) is 4. The Morgan fingerprint density at radius 2 is 1.95 bits per heavy atom. The first kappa shape index (κ1) is 28.5. The number of ether oxygens (including phenoxy) is 1. The molecule has 5 atom stereocenters. The predicted octanol–water partition coefficient (Wildman–Crippen LogP) is 2.07. The summed E-state index contributed by atoms with van der Waals surface area (Å²) in [4.78, 5) is 37.3. The zero-order valence-corrected chi connectivity index (χ0v) is 23.9. The summed E-state index contributed by atoms with van der Waals surface area (Å²) in [5, 5.41) is 13.7. The van der Waals surface area contributed by atoms with Gasteiger partial charge < -0.3 is 29.9 Å². The van der Waals surface area contributed by atoms with Gasteiger partial charge in [-0.25, -0.2) is 4.98 Å². The number of piperazine rings is 1. The maximum atomic E-state index is 14.8. The van der Waals surface area contributed by atoms with E-state index >= 15 is 0 Å². The van der Waals surface area contributed by atoms with Crippen molar-refractivity contribution in [2.75, 3.05) is 51.3 Å². The lowest BCUT2D eigenvalue weighted by Crippen LogP contribution is -2.53. The molecule has 0 saturated carbocycles. The number of aliphatic hydroxyl groups excluding tert-OH is 1. The van der Waals surface area contributed by atoms with Gasteiger partial charge in [0.05, 0.1) is 24.7 Å². The number of fused-ring (bicyclic) bond motifs is 1. The second-order valence-corrected chi connectivity index (χ2v) is 12.2. The van der Waals surface area contributed by atoms with Crippen LogP contribution in [0.25, 0.3) is 11.3 Å². The number of aliphatic hydroxyl groups is 1. The van der Waals surface area contributed by atoms with Crippen LogP contribution >= 0.6 is 11.3 Å². The minimum atomic E-state index is -0.821. The Morgan fingerprint density at radius 3 is 2.60 bits per heavy atom. The minimum absolute atomic E-state index is 0.126. The van der Waals surface area contributed by atoms with Crippen molar-refractivity contribution in [1.82, 2.24) is 20.1 Å². The highest BCUT2D eigenvalue weighted by Crippen LogP contribution is 2.35. The average molecular weight is 570 g/mol. The van der Waals surface area contributed by atoms with E-state index in [9.17, 15) is 19.1 Å². The number of anilines is 1. The average Bonchev–Trinajstić information content (AvgIpc) is 3.62. The van der Waals surface area contributed by atoms with Crippen LogP contribution in [0.1, 0.15) is 30.6 Å². The third-order valence-corrected chi connectivity index (χ3v) is 8.82. The van der Waals surface area contributed by atoms with Gasteiger partial charge in [-0.1, -0.05) is 43.2 Å². The summed E-state index contributed by atoms with van der Waals surface area (Å²) in [7, 11) is 2.06. The van der Waals surface area contributed by atoms with Crippen LogP contribution in [0.3, 0.4) is 0 Å². The first-order valence-corrected chi connectivity index (χ1v) is 14.5. The van der Waals surface area contributed by atoms with Gasteiger partial charge in [0, 0.05) is 43.9 Å². The van der Waals surface area contributed by atoms with Crippen LogP contribution in [0.4, 0.5) is 9.52 Å². The van der Waals surface area contributed by atoms with Crippen molar-refractivity contribution in [1.29, 1.82) is 0 Å². The number of likely N-dealkylation sites (tertiary alicyclic amines) is 1. The number of nitrogens with one attached hydrogen (secondary N) is 1. The molecule has 0 unspecified atom stereocenters. The largest absolute Gasteiger partial charge is 0.388 e. The summed E-state index contributed by atoms with van der Waals surface area (Å²) in [5.41, 5.74) is 1.20. The number of likely N-dealkylation sites (N-methyl/N-ethyl adjacent to an activating group) is 1. The number of amides is 2. The highest BCUT2D eigenvalue weighted by molar-refractivity contribution is 7.14. The van der Waals surface area contributed by atoms with Crippen LogP contribution in [-0.2, 0) is 9.53 Å². The van der Waals surface area contributed by atoms with Gasteiger partial charge in [0.2, 0.25) is 11.0 Å². The van der Waals surface area contributed by atoms with Gasteiger partial charge in [-0.3, -0.25) is 9.59 Å². The van der Waals surface area contributed by atoms with Crippen molar-refractivity contribution >= 4 is 28.3 Å². The summed E-state index contributed by atoms with van der Waals surface area (Å²) in [6.45, 7) is 7.75. The topological polar surface area (TPSA) is 98.2 Å². The number of hydrogen-bond acceptors (Lipinski definition) is 8. The monoisotopic (exact) mass is 569 g/mol. The van der Waals surface area contributed by atoms with Gasteiger partial charge in [0.15, 0.2) is 5.13 Å². The summed E-state index contributed by atoms with van der Waals surface area (Å²) < 4.78 is 20.5. The Hall–Kier alpha value is -3.04. The number of thiazole rings is 1. The summed E-state index contributed by atoms with van der Waals surface area (Å²) in [5.74, 6) is 1.81. The van der Waals surface area contributed by atoms with Crippen LogP contribution in [0.15, 0.2) is 24.3 Å². The van der Waals surface area contributed by atoms with E-state index in [1.807, 2.05) is 13.8 Å². The molecule has 0 radical (unpaired) electrons. The maximum Gasteiger partial charge on any atom is 0.251 e. The van der Waals surface area contributed by atoms with E-state index in [2.05, 4.69) is 33.1 Å². The molecular weight excluding hydrogens is 533 g/mol. The first-order chi connectivity index (χ1) is 19.2. The van der Waals surface area contributed by atoms with E-state index in [0.29, 0.717) is 22.7 Å². The van der Waals surface area contributed by atoms with Gasteiger partial charge in [-0.2, -0.15) is 4.39 Å². The standard InChI is InChI=1S/C29H36FN5O4S/c1-5-18-15-35(24-22(36)16-39-25(18)24)28(38)21(14-17(2)3)31-27(37)20-8-6-19(7-9-20)23-26(30)40-29(32-23)34-12-10-33(4)11-13-34/h1,6-9,17-18,21-22,24-25,36H,10-16H2,2-4H3,(H,31,37)/t18-,21+,22+,24-,25-/m1/s1. The summed E-state index contributed by atoms with van der Waals surface area (Å²) in [6.07, 6.45) is 4.86. The molecule has 214 valence electrons. The molecule has 2 N–H and O–H groups in total. The van der Waals surface area contributed by atoms with Gasteiger partial charge in [0.1, 0.15) is 17.8 Å². The molecule has 4 heterocycles. The van der Waals surface area contributed by atoms with Gasteiger partial charge in [-0.05, 0) is 31.5 Å². The molecule has 11 heteroatoms. The third kappa shape index (κ3) is 5.72. The molecule has 9 nitrogen and oxygen atoms in total. The quantitative estimate of drug-likeness (QED) is 0.493. The number of carbonyl (C=O) groups is 2. The van der Waals surface area contributed by atoms with Crippen LogP contribution in [-0.4, -0.2) is 102 Å². The number of halogens is 1. The Bertz CT molecular complexity index is 1270. The van der Waals surface area contributed by atoms with Crippen LogP contribution in [0.5, 0.6) is 0 Å². The van der Waals surface area contributed by atoms with E-state index in [4.69, 9.17) is 11.2 Å². The van der Waals surface area contributed by atoms with Crippen molar-refractivity contribution in [3.63, 3.8) is 0 Å². The van der Waals surface area contributed by atoms with Gasteiger partial charge >= 0.3 is 0 Å². The molecule has 0 bridgehead atoms. The Kier molecular flexibility index (Phi) is 8.42. The normalized spacial score (nSPS) is 25.6. The Morgan fingerprint density at radius 1 is 1.25 bits per heavy atom. The molecule has 0 aliphatic carbocycles. The molecule has 1 aromatic heterocycles. The van der Waals surface area contributed by atoms with Crippen LogP contribution < -0.4 is 10.2 Å². The van der Waals surface area contributed by atoms with Gasteiger partial charge in [-0.15, -0.1) is 6.42 Å². The molecule has 5 rings (SSSR count). The lowest BCUT2D eigenvalue weighted by Gasteiger charge is -2.31. The van der Waals surface area contributed by atoms with E-state index in [0.717, 1.165) is 37.5 Å². The molecule has 0 spiro atoms. The fourth-order valence-corrected chi connectivity index (χ4v) is 6.57. The van der Waals surface area contributed by atoms with Crippen molar-refractivity contribution in [2.45, 2.75) is 44.6 Å². The lowest BCUT2D eigenvalue weighted by atomic mass is 10.00. The zero-order chi connectivity index (χ0) is 28.6. The fraction of sp³-hybridized carbons (Fsp3) is 0.552. The van der Waals surface area contributed by atoms with Crippen molar-refractivity contribution in [3.8, 4) is 23.6 Å². The Balaban J connectivity index is 1.29. The summed E-state index contributed by atoms with van der Waals surface area (Å²) >= 11 is 1.03. The second kappa shape index (κ2) is 11.8. The number of aromatic nitrogens is 1. The molecule has 3 saturated heterocycles. The van der Waals surface area contributed by atoms with Crippen LogP contribution in [0, 0.1) is 29.3 Å². The summed E-state index contributed by atoms with van der Waals surface area (Å²) in [6, 6.07) is 5.27. The van der Waals surface area contributed by atoms with Crippen molar-refractivity contribution in [3.05, 3.63) is 35.0 Å². The second-order valence-electron chi connectivity index (χ2n) is 11.3. The molecule has 3 aliphatic rings. The lowest BCUT2D eigenvalue weighted by molar-refractivity contribution is -0.136. The number of carbonyl (C=O) groups excluding carboxylic acids is 2. The minimum Gasteiger partial charge on any atom is -0.388 e. The maximum absolute atomic E-state index is 14.8. The fourth-order valence-electron chi connectivity index (χ4n) is 5.70. The molecule has 3 aliphatic heterocycles. The zero-order valence-electron chi connectivity index (χ0n) is 23.0. The molecule has 2 aromatic rings. The SMILES string of the molecule is C#C[C@@H]1CN(C(=O)[C@H](CC(C)C)NC(=O)c2ccc(-c3nc(N4CCN(C)CC4)sc3F)cc2)[C@H]2[C@@H]1OC[C@@H]2O. The molecule has 40 heavy (non-hydrogen) atoms. The number of benzene rings is 1. The van der Waals surface area contributed by atoms with Gasteiger partial charge in [0.25, 0.3) is 5.91 Å². The molecule has 3 fully saturated rings. The smallest absolute Gasteiger partial charge is 0.251 e.